The quantitative estimate of drug-likeness (QED) is 0.621. The van der Waals surface area contributed by atoms with Crippen molar-refractivity contribution in [1.82, 2.24) is 9.80 Å². The largest absolute Gasteiger partial charge is 0.362 e. The molecule has 1 rings (SSSR count). The van der Waals surface area contributed by atoms with Crippen molar-refractivity contribution in [2.75, 3.05) is 20.1 Å². The van der Waals surface area contributed by atoms with Gasteiger partial charge < -0.3 is 4.90 Å². The van der Waals surface area contributed by atoms with E-state index in [9.17, 15) is 0 Å². The molecule has 0 amide bonds. The summed E-state index contributed by atoms with van der Waals surface area (Å²) in [6, 6.07) is 0. The standard InChI is InChI=1S/C10H20N2/c1-5-10-7-11(4)9(3)12(6-2)8-10/h8-9H,5-7H2,1-4H3. The maximum absolute atomic E-state index is 2.39. The van der Waals surface area contributed by atoms with Crippen LogP contribution >= 0.6 is 0 Å². The second-order valence-electron chi connectivity index (χ2n) is 3.52. The molecule has 1 heterocycles. The highest BCUT2D eigenvalue weighted by atomic mass is 15.3. The summed E-state index contributed by atoms with van der Waals surface area (Å²) in [6.07, 6.45) is 4.06. The van der Waals surface area contributed by atoms with Crippen molar-refractivity contribution in [2.24, 2.45) is 0 Å². The average molecular weight is 168 g/mol. The molecule has 2 heteroatoms. The molecule has 0 aliphatic carbocycles. The van der Waals surface area contributed by atoms with E-state index in [0.717, 1.165) is 13.1 Å². The molecule has 0 fully saturated rings. The highest BCUT2D eigenvalue weighted by molar-refractivity contribution is 5.07. The Bertz CT molecular complexity index is 175. The Morgan fingerprint density at radius 3 is 2.67 bits per heavy atom. The van der Waals surface area contributed by atoms with Gasteiger partial charge in [0, 0.05) is 19.3 Å². The topological polar surface area (TPSA) is 6.48 Å². The lowest BCUT2D eigenvalue weighted by Crippen LogP contribution is -2.46. The Kier molecular flexibility index (Phi) is 3.15. The molecule has 1 unspecified atom stereocenters. The van der Waals surface area contributed by atoms with Crippen LogP contribution in [0.5, 0.6) is 0 Å². The number of hydrogen-bond acceptors (Lipinski definition) is 2. The fourth-order valence-corrected chi connectivity index (χ4v) is 1.65. The lowest BCUT2D eigenvalue weighted by Gasteiger charge is -2.39. The van der Waals surface area contributed by atoms with Gasteiger partial charge in [-0.1, -0.05) is 6.92 Å². The molecule has 0 aromatic rings. The second-order valence-corrected chi connectivity index (χ2v) is 3.52. The lowest BCUT2D eigenvalue weighted by atomic mass is 10.1. The van der Waals surface area contributed by atoms with Crippen LogP contribution in [-0.4, -0.2) is 36.1 Å². The third kappa shape index (κ3) is 1.81. The minimum atomic E-state index is 0.560. The summed E-state index contributed by atoms with van der Waals surface area (Å²) in [4.78, 5) is 4.78. The number of nitrogens with zero attached hydrogens (tertiary/aromatic N) is 2. The Morgan fingerprint density at radius 2 is 2.17 bits per heavy atom. The van der Waals surface area contributed by atoms with Gasteiger partial charge in [-0.15, -0.1) is 0 Å². The lowest BCUT2D eigenvalue weighted by molar-refractivity contribution is 0.110. The van der Waals surface area contributed by atoms with Crippen molar-refractivity contribution in [2.45, 2.75) is 33.4 Å². The van der Waals surface area contributed by atoms with E-state index in [1.54, 1.807) is 0 Å². The van der Waals surface area contributed by atoms with Crippen molar-refractivity contribution in [3.63, 3.8) is 0 Å². The van der Waals surface area contributed by atoms with E-state index in [2.05, 4.69) is 43.8 Å². The van der Waals surface area contributed by atoms with Gasteiger partial charge in [0.2, 0.25) is 0 Å². The first-order chi connectivity index (χ1) is 5.69. The predicted octanol–water partition coefficient (Wildman–Crippen LogP) is 1.89. The van der Waals surface area contributed by atoms with Crippen LogP contribution in [0.1, 0.15) is 27.2 Å². The van der Waals surface area contributed by atoms with E-state index in [1.165, 1.54) is 12.0 Å². The predicted molar refractivity (Wildman–Crippen MR) is 52.8 cm³/mol. The van der Waals surface area contributed by atoms with Gasteiger partial charge in [-0.05, 0) is 32.9 Å². The molecule has 0 saturated heterocycles. The Labute approximate surface area is 75.8 Å². The summed E-state index contributed by atoms with van der Waals surface area (Å²) >= 11 is 0. The highest BCUT2D eigenvalue weighted by Gasteiger charge is 2.19. The maximum Gasteiger partial charge on any atom is 0.0786 e. The van der Waals surface area contributed by atoms with Gasteiger partial charge in [-0.2, -0.15) is 0 Å². The van der Waals surface area contributed by atoms with E-state index >= 15 is 0 Å². The number of hydrogen-bond donors (Lipinski definition) is 0. The molecule has 0 radical (unpaired) electrons. The molecule has 0 aromatic carbocycles. The van der Waals surface area contributed by atoms with Crippen molar-refractivity contribution < 1.29 is 0 Å². The second kappa shape index (κ2) is 3.94. The zero-order valence-corrected chi connectivity index (χ0v) is 8.67. The van der Waals surface area contributed by atoms with Crippen LogP contribution in [0.2, 0.25) is 0 Å². The maximum atomic E-state index is 2.39. The minimum absolute atomic E-state index is 0.560. The third-order valence-corrected chi connectivity index (χ3v) is 2.74. The minimum Gasteiger partial charge on any atom is -0.362 e. The molecule has 12 heavy (non-hydrogen) atoms. The molecule has 0 bridgehead atoms. The molecule has 0 spiro atoms. The van der Waals surface area contributed by atoms with E-state index in [1.807, 2.05) is 0 Å². The van der Waals surface area contributed by atoms with Crippen LogP contribution < -0.4 is 0 Å². The SMILES string of the molecule is CCC1=CN(CC)C(C)N(C)C1. The molecule has 0 aromatic heterocycles. The van der Waals surface area contributed by atoms with Gasteiger partial charge in [0.1, 0.15) is 0 Å². The molecule has 1 aliphatic heterocycles. The smallest absolute Gasteiger partial charge is 0.0786 e. The van der Waals surface area contributed by atoms with Crippen molar-refractivity contribution in [1.29, 1.82) is 0 Å². The number of likely N-dealkylation sites (N-methyl/N-ethyl adjacent to an activating group) is 1. The zero-order valence-electron chi connectivity index (χ0n) is 8.67. The van der Waals surface area contributed by atoms with Crippen LogP contribution in [0.4, 0.5) is 0 Å². The third-order valence-electron chi connectivity index (χ3n) is 2.74. The van der Waals surface area contributed by atoms with Crippen LogP contribution in [0, 0.1) is 0 Å². The molecule has 0 saturated carbocycles. The molecular formula is C10H20N2. The summed E-state index contributed by atoms with van der Waals surface area (Å²) < 4.78 is 0. The molecular weight excluding hydrogens is 148 g/mol. The first-order valence-corrected chi connectivity index (χ1v) is 4.84. The van der Waals surface area contributed by atoms with E-state index < -0.39 is 0 Å². The zero-order chi connectivity index (χ0) is 9.14. The summed E-state index contributed by atoms with van der Waals surface area (Å²) in [5, 5.41) is 0. The van der Waals surface area contributed by atoms with E-state index in [4.69, 9.17) is 0 Å². The fourth-order valence-electron chi connectivity index (χ4n) is 1.65. The van der Waals surface area contributed by atoms with Gasteiger partial charge in [0.05, 0.1) is 6.17 Å². The average Bonchev–Trinajstić information content (AvgIpc) is 2.09. The normalized spacial score (nSPS) is 25.8. The monoisotopic (exact) mass is 168 g/mol. The van der Waals surface area contributed by atoms with Gasteiger partial charge in [0.25, 0.3) is 0 Å². The van der Waals surface area contributed by atoms with Gasteiger partial charge in [-0.3, -0.25) is 4.90 Å². The van der Waals surface area contributed by atoms with Crippen molar-refractivity contribution >= 4 is 0 Å². The fraction of sp³-hybridized carbons (Fsp3) is 0.800. The molecule has 1 aliphatic rings. The Hall–Kier alpha value is -0.500. The van der Waals surface area contributed by atoms with E-state index in [0.29, 0.717) is 6.17 Å². The van der Waals surface area contributed by atoms with Crippen LogP contribution in [-0.2, 0) is 0 Å². The van der Waals surface area contributed by atoms with Crippen molar-refractivity contribution in [3.8, 4) is 0 Å². The van der Waals surface area contributed by atoms with Crippen LogP contribution in [0.25, 0.3) is 0 Å². The first-order valence-electron chi connectivity index (χ1n) is 4.84. The van der Waals surface area contributed by atoms with Crippen LogP contribution in [0.15, 0.2) is 11.8 Å². The highest BCUT2D eigenvalue weighted by Crippen LogP contribution is 2.16. The first kappa shape index (κ1) is 9.59. The Morgan fingerprint density at radius 1 is 1.50 bits per heavy atom. The summed E-state index contributed by atoms with van der Waals surface area (Å²) in [7, 11) is 2.19. The summed E-state index contributed by atoms with van der Waals surface area (Å²) in [5.74, 6) is 0. The van der Waals surface area contributed by atoms with Crippen molar-refractivity contribution in [3.05, 3.63) is 11.8 Å². The molecule has 1 atom stereocenters. The summed E-state index contributed by atoms with van der Waals surface area (Å²) in [6.45, 7) is 8.93. The molecule has 70 valence electrons. The summed E-state index contributed by atoms with van der Waals surface area (Å²) in [5.41, 5.74) is 1.54. The van der Waals surface area contributed by atoms with Gasteiger partial charge >= 0.3 is 0 Å². The van der Waals surface area contributed by atoms with Crippen LogP contribution in [0.3, 0.4) is 0 Å². The molecule has 2 nitrogen and oxygen atoms in total. The Balaban J connectivity index is 2.71. The van der Waals surface area contributed by atoms with E-state index in [-0.39, 0.29) is 0 Å². The number of rotatable bonds is 2. The van der Waals surface area contributed by atoms with Gasteiger partial charge in [-0.25, -0.2) is 0 Å². The van der Waals surface area contributed by atoms with Gasteiger partial charge in [0.15, 0.2) is 0 Å². The molecule has 0 N–H and O–H groups in total.